The van der Waals surface area contributed by atoms with Gasteiger partial charge in [0.15, 0.2) is 0 Å². The summed E-state index contributed by atoms with van der Waals surface area (Å²) in [6.45, 7) is 11.1. The molecular weight excluding hydrogens is 328 g/mol. The molecule has 0 saturated heterocycles. The quantitative estimate of drug-likeness (QED) is 0.844. The number of aromatic nitrogens is 2. The van der Waals surface area contributed by atoms with E-state index in [1.54, 1.807) is 9.58 Å². The van der Waals surface area contributed by atoms with Gasteiger partial charge in [-0.05, 0) is 18.8 Å². The molecule has 0 bridgehead atoms. The first-order valence-corrected chi connectivity index (χ1v) is 9.71. The largest absolute Gasteiger partial charge is 0.333 e. The molecule has 6 heteroatoms. The van der Waals surface area contributed by atoms with Crippen LogP contribution in [0.3, 0.4) is 0 Å². The number of amides is 2. The summed E-state index contributed by atoms with van der Waals surface area (Å²) in [4.78, 5) is 27.1. The van der Waals surface area contributed by atoms with E-state index in [0.717, 1.165) is 31.4 Å². The zero-order valence-electron chi connectivity index (χ0n) is 17.1. The van der Waals surface area contributed by atoms with Crippen LogP contribution in [0, 0.1) is 11.8 Å². The van der Waals surface area contributed by atoms with Crippen LogP contribution in [0.25, 0.3) is 0 Å². The highest BCUT2D eigenvalue weighted by molar-refractivity contribution is 5.94. The minimum Gasteiger partial charge on any atom is -0.333 e. The Morgan fingerprint density at radius 2 is 1.92 bits per heavy atom. The van der Waals surface area contributed by atoms with E-state index in [9.17, 15) is 9.59 Å². The van der Waals surface area contributed by atoms with E-state index in [1.807, 2.05) is 13.1 Å². The third kappa shape index (κ3) is 5.32. The highest BCUT2D eigenvalue weighted by Gasteiger charge is 2.29. The fourth-order valence-electron chi connectivity index (χ4n) is 3.41. The molecule has 1 aliphatic carbocycles. The van der Waals surface area contributed by atoms with Crippen molar-refractivity contribution in [3.05, 3.63) is 11.8 Å². The van der Waals surface area contributed by atoms with Crippen LogP contribution in [-0.2, 0) is 22.1 Å². The summed E-state index contributed by atoms with van der Waals surface area (Å²) in [6, 6.07) is 1.91. The van der Waals surface area contributed by atoms with Gasteiger partial charge in [0.1, 0.15) is 5.82 Å². The summed E-state index contributed by atoms with van der Waals surface area (Å²) in [6.07, 6.45) is 4.13. The smallest absolute Gasteiger partial charge is 0.245 e. The van der Waals surface area contributed by atoms with Crippen molar-refractivity contribution in [2.24, 2.45) is 18.9 Å². The monoisotopic (exact) mass is 362 g/mol. The third-order valence-corrected chi connectivity index (χ3v) is 4.85. The zero-order chi connectivity index (χ0) is 19.5. The van der Waals surface area contributed by atoms with Crippen molar-refractivity contribution in [3.8, 4) is 0 Å². The van der Waals surface area contributed by atoms with Gasteiger partial charge in [0, 0.05) is 31.0 Å². The van der Waals surface area contributed by atoms with Gasteiger partial charge in [0.05, 0.1) is 12.2 Å². The Balaban J connectivity index is 2.04. The van der Waals surface area contributed by atoms with Gasteiger partial charge >= 0.3 is 0 Å². The van der Waals surface area contributed by atoms with Crippen molar-refractivity contribution in [3.63, 3.8) is 0 Å². The highest BCUT2D eigenvalue weighted by Crippen LogP contribution is 2.27. The normalized spacial score (nSPS) is 15.5. The van der Waals surface area contributed by atoms with Gasteiger partial charge in [0.25, 0.3) is 0 Å². The second-order valence-electron chi connectivity index (χ2n) is 8.93. The van der Waals surface area contributed by atoms with Gasteiger partial charge in [-0.25, -0.2) is 0 Å². The average Bonchev–Trinajstić information content (AvgIpc) is 3.15. The number of hydrogen-bond donors (Lipinski definition) is 1. The summed E-state index contributed by atoms with van der Waals surface area (Å²) >= 11 is 0. The second kappa shape index (κ2) is 8.23. The molecule has 0 aliphatic heterocycles. The van der Waals surface area contributed by atoms with E-state index in [4.69, 9.17) is 0 Å². The third-order valence-electron chi connectivity index (χ3n) is 4.85. The first-order chi connectivity index (χ1) is 12.1. The van der Waals surface area contributed by atoms with Crippen LogP contribution in [0.1, 0.15) is 66.0 Å². The van der Waals surface area contributed by atoms with Crippen LogP contribution < -0.4 is 5.32 Å². The fraction of sp³-hybridized carbons (Fsp3) is 0.750. The number of anilines is 1. The van der Waals surface area contributed by atoms with Crippen LogP contribution in [0.2, 0.25) is 0 Å². The average molecular weight is 363 g/mol. The topological polar surface area (TPSA) is 67.2 Å². The van der Waals surface area contributed by atoms with E-state index in [1.165, 1.54) is 0 Å². The first kappa shape index (κ1) is 20.5. The molecule has 2 rings (SSSR count). The fourth-order valence-corrected chi connectivity index (χ4v) is 3.41. The Bertz CT molecular complexity index is 637. The molecule has 0 spiro atoms. The van der Waals surface area contributed by atoms with Crippen molar-refractivity contribution in [2.45, 2.75) is 65.7 Å². The van der Waals surface area contributed by atoms with Crippen molar-refractivity contribution < 1.29 is 9.59 Å². The van der Waals surface area contributed by atoms with Gasteiger partial charge in [0.2, 0.25) is 11.8 Å². The molecule has 0 unspecified atom stereocenters. The molecule has 0 atom stereocenters. The van der Waals surface area contributed by atoms with Gasteiger partial charge in [-0.15, -0.1) is 0 Å². The lowest BCUT2D eigenvalue weighted by Crippen LogP contribution is -2.42. The molecule has 1 fully saturated rings. The molecule has 1 aromatic heterocycles. The Kier molecular flexibility index (Phi) is 6.48. The molecule has 1 N–H and O–H groups in total. The van der Waals surface area contributed by atoms with E-state index < -0.39 is 0 Å². The molecule has 1 aliphatic rings. The maximum Gasteiger partial charge on any atom is 0.245 e. The molecular formula is C20H34N4O2. The molecule has 0 radical (unpaired) electrons. The Labute approximate surface area is 157 Å². The van der Waals surface area contributed by atoms with Crippen LogP contribution in [0.5, 0.6) is 0 Å². The van der Waals surface area contributed by atoms with Crippen molar-refractivity contribution in [1.29, 1.82) is 0 Å². The van der Waals surface area contributed by atoms with Gasteiger partial charge in [-0.2, -0.15) is 5.10 Å². The Morgan fingerprint density at radius 1 is 1.31 bits per heavy atom. The first-order valence-electron chi connectivity index (χ1n) is 9.71. The van der Waals surface area contributed by atoms with E-state index in [0.29, 0.717) is 18.3 Å². The molecule has 1 aromatic rings. The molecule has 0 aromatic carbocycles. The van der Waals surface area contributed by atoms with Crippen LogP contribution in [-0.4, -0.2) is 39.6 Å². The molecule has 6 nitrogen and oxygen atoms in total. The molecule has 1 heterocycles. The summed E-state index contributed by atoms with van der Waals surface area (Å²) in [5.41, 5.74) is 0.847. The lowest BCUT2D eigenvalue weighted by Gasteiger charge is -2.26. The zero-order valence-corrected chi connectivity index (χ0v) is 17.1. The van der Waals surface area contributed by atoms with E-state index >= 15 is 0 Å². The molecule has 2 amide bonds. The number of aryl methyl sites for hydroxylation is 1. The lowest BCUT2D eigenvalue weighted by atomic mass is 9.92. The summed E-state index contributed by atoms with van der Waals surface area (Å²) in [5, 5.41) is 7.40. The summed E-state index contributed by atoms with van der Waals surface area (Å²) in [5.74, 6) is 1.05. The standard InChI is InChI=1S/C20H34N4O2/c1-14(2)12-24(19(26)15-9-7-8-10-15)13-18(25)21-17-11-16(20(3,4)5)22-23(17)6/h11,14-15H,7-10,12-13H2,1-6H3,(H,21,25). The number of rotatable bonds is 6. The maximum absolute atomic E-state index is 12.8. The van der Waals surface area contributed by atoms with Crippen LogP contribution in [0.15, 0.2) is 6.07 Å². The van der Waals surface area contributed by atoms with Gasteiger partial charge in [-0.1, -0.05) is 47.5 Å². The van der Waals surface area contributed by atoms with Gasteiger partial charge in [-0.3, -0.25) is 14.3 Å². The van der Waals surface area contributed by atoms with Crippen LogP contribution in [0.4, 0.5) is 5.82 Å². The summed E-state index contributed by atoms with van der Waals surface area (Å²) < 4.78 is 1.68. The van der Waals surface area contributed by atoms with E-state index in [2.05, 4.69) is 45.0 Å². The second-order valence-corrected chi connectivity index (χ2v) is 8.93. The molecule has 146 valence electrons. The molecule has 26 heavy (non-hydrogen) atoms. The predicted octanol–water partition coefficient (Wildman–Crippen LogP) is 3.33. The van der Waals surface area contributed by atoms with Crippen molar-refractivity contribution >= 4 is 17.6 Å². The number of carbonyl (C=O) groups excluding carboxylic acids is 2. The SMILES string of the molecule is CC(C)CN(CC(=O)Nc1cc(C(C)(C)C)nn1C)C(=O)C1CCCC1. The van der Waals surface area contributed by atoms with Crippen molar-refractivity contribution in [2.75, 3.05) is 18.4 Å². The van der Waals surface area contributed by atoms with Crippen molar-refractivity contribution in [1.82, 2.24) is 14.7 Å². The predicted molar refractivity (Wildman–Crippen MR) is 104 cm³/mol. The van der Waals surface area contributed by atoms with Gasteiger partial charge < -0.3 is 10.2 Å². The minimum absolute atomic E-state index is 0.0805. The highest BCUT2D eigenvalue weighted by atomic mass is 16.2. The summed E-state index contributed by atoms with van der Waals surface area (Å²) in [7, 11) is 1.82. The number of carbonyl (C=O) groups is 2. The lowest BCUT2D eigenvalue weighted by molar-refractivity contribution is -0.138. The minimum atomic E-state index is -0.166. The number of nitrogens with one attached hydrogen (secondary N) is 1. The number of nitrogens with zero attached hydrogens (tertiary/aromatic N) is 3. The Morgan fingerprint density at radius 3 is 2.42 bits per heavy atom. The van der Waals surface area contributed by atoms with Crippen LogP contribution >= 0.6 is 0 Å². The van der Waals surface area contributed by atoms with E-state index in [-0.39, 0.29) is 29.7 Å². The molecule has 1 saturated carbocycles. The number of hydrogen-bond acceptors (Lipinski definition) is 3. The maximum atomic E-state index is 12.8. The Hall–Kier alpha value is -1.85.